The summed E-state index contributed by atoms with van der Waals surface area (Å²) < 4.78 is 4.91. The molecule has 4 aromatic carbocycles. The fourth-order valence-electron chi connectivity index (χ4n) is 6.05. The first-order valence-electron chi connectivity index (χ1n) is 12.6. The Balaban J connectivity index is 1.46. The SMILES string of the molecule is C=CC(=O)N1Cc2ccc3c(c2)c2ccccc2n3CCCn2c3ccccc3c3cc(ccc32)C1. The third-order valence-corrected chi connectivity index (χ3v) is 7.67. The molecule has 36 heavy (non-hydrogen) atoms. The number of carbonyl (C=O) groups excluding carboxylic acids is 1. The zero-order chi connectivity index (χ0) is 24.2. The van der Waals surface area contributed by atoms with Gasteiger partial charge in [-0.2, -0.15) is 0 Å². The smallest absolute Gasteiger partial charge is 0.246 e. The molecule has 6 aromatic rings. The molecule has 6 heterocycles. The van der Waals surface area contributed by atoms with E-state index in [1.807, 2.05) is 4.90 Å². The van der Waals surface area contributed by atoms with Crippen molar-refractivity contribution >= 4 is 49.5 Å². The maximum atomic E-state index is 12.9. The van der Waals surface area contributed by atoms with Gasteiger partial charge >= 0.3 is 0 Å². The average molecular weight is 470 g/mol. The number of para-hydroxylation sites is 2. The molecule has 0 saturated heterocycles. The molecule has 0 N–H and O–H groups in total. The molecule has 0 aliphatic carbocycles. The van der Waals surface area contributed by atoms with Crippen molar-refractivity contribution in [3.8, 4) is 0 Å². The lowest BCUT2D eigenvalue weighted by atomic mass is 10.1. The van der Waals surface area contributed by atoms with Crippen molar-refractivity contribution in [2.24, 2.45) is 0 Å². The third-order valence-electron chi connectivity index (χ3n) is 7.67. The third kappa shape index (κ3) is 3.18. The van der Waals surface area contributed by atoms with Crippen LogP contribution in [0.4, 0.5) is 0 Å². The van der Waals surface area contributed by atoms with Gasteiger partial charge < -0.3 is 14.0 Å². The second kappa shape index (κ2) is 8.13. The Bertz CT molecular complexity index is 1700. The molecule has 8 bridgehead atoms. The average Bonchev–Trinajstić information content (AvgIpc) is 3.40. The molecule has 2 aromatic heterocycles. The van der Waals surface area contributed by atoms with E-state index in [0.717, 1.165) is 30.6 Å². The Labute approximate surface area is 209 Å². The molecular formula is C32H27N3O. The topological polar surface area (TPSA) is 30.2 Å². The molecule has 10 rings (SSSR count). The van der Waals surface area contributed by atoms with Gasteiger partial charge in [-0.05, 0) is 60.0 Å². The normalized spacial score (nSPS) is 14.3. The Kier molecular flexibility index (Phi) is 4.74. The molecule has 1 amide bonds. The molecule has 4 heteroatoms. The molecule has 0 atom stereocenters. The zero-order valence-electron chi connectivity index (χ0n) is 20.2. The van der Waals surface area contributed by atoms with Crippen molar-refractivity contribution in [3.05, 3.63) is 109 Å². The molecule has 0 fully saturated rings. The molecule has 176 valence electrons. The van der Waals surface area contributed by atoms with Crippen LogP contribution in [0.5, 0.6) is 0 Å². The Morgan fingerprint density at radius 3 is 1.61 bits per heavy atom. The summed E-state index contributed by atoms with van der Waals surface area (Å²) in [7, 11) is 0. The highest BCUT2D eigenvalue weighted by molar-refractivity contribution is 6.09. The molecule has 4 aliphatic rings. The maximum absolute atomic E-state index is 12.9. The van der Waals surface area contributed by atoms with Gasteiger partial charge in [0.15, 0.2) is 0 Å². The minimum absolute atomic E-state index is 0.0545. The highest BCUT2D eigenvalue weighted by atomic mass is 16.2. The van der Waals surface area contributed by atoms with E-state index < -0.39 is 0 Å². The minimum Gasteiger partial charge on any atom is -0.340 e. The number of carbonyl (C=O) groups is 1. The van der Waals surface area contributed by atoms with Gasteiger partial charge in [-0.1, -0.05) is 55.1 Å². The number of hydrogen-bond donors (Lipinski definition) is 0. The summed E-state index contributed by atoms with van der Waals surface area (Å²) in [5, 5.41) is 5.03. The highest BCUT2D eigenvalue weighted by Crippen LogP contribution is 2.33. The van der Waals surface area contributed by atoms with Crippen LogP contribution in [0.2, 0.25) is 0 Å². The van der Waals surface area contributed by atoms with Crippen molar-refractivity contribution in [3.63, 3.8) is 0 Å². The van der Waals surface area contributed by atoms with Crippen LogP contribution in [0.15, 0.2) is 97.6 Å². The molecule has 4 nitrogen and oxygen atoms in total. The summed E-state index contributed by atoms with van der Waals surface area (Å²) in [5.41, 5.74) is 7.29. The number of nitrogens with zero attached hydrogens (tertiary/aromatic N) is 3. The van der Waals surface area contributed by atoms with Crippen molar-refractivity contribution < 1.29 is 4.79 Å². The molecule has 0 spiro atoms. The predicted molar refractivity (Wildman–Crippen MR) is 148 cm³/mol. The van der Waals surface area contributed by atoms with Crippen LogP contribution < -0.4 is 0 Å². The number of aromatic nitrogens is 2. The second-order valence-electron chi connectivity index (χ2n) is 9.79. The van der Waals surface area contributed by atoms with Crippen LogP contribution in [-0.2, 0) is 31.0 Å². The van der Waals surface area contributed by atoms with Crippen LogP contribution in [0, 0.1) is 0 Å². The van der Waals surface area contributed by atoms with E-state index in [9.17, 15) is 4.79 Å². The summed E-state index contributed by atoms with van der Waals surface area (Å²) >= 11 is 0. The fraction of sp³-hybridized carbons (Fsp3) is 0.156. The van der Waals surface area contributed by atoms with Crippen LogP contribution >= 0.6 is 0 Å². The first kappa shape index (κ1) is 21.0. The molecule has 0 unspecified atom stereocenters. The lowest BCUT2D eigenvalue weighted by Crippen LogP contribution is -2.28. The number of hydrogen-bond acceptors (Lipinski definition) is 1. The van der Waals surface area contributed by atoms with Gasteiger partial charge in [0.2, 0.25) is 5.91 Å². The van der Waals surface area contributed by atoms with Gasteiger partial charge in [0.1, 0.15) is 0 Å². The van der Waals surface area contributed by atoms with Gasteiger partial charge in [-0.3, -0.25) is 4.79 Å². The lowest BCUT2D eigenvalue weighted by Gasteiger charge is -2.22. The predicted octanol–water partition coefficient (Wildman–Crippen LogP) is 7.02. The summed E-state index contributed by atoms with van der Waals surface area (Å²) in [4.78, 5) is 14.8. The monoisotopic (exact) mass is 469 g/mol. The second-order valence-corrected chi connectivity index (χ2v) is 9.79. The first-order chi connectivity index (χ1) is 17.7. The van der Waals surface area contributed by atoms with Gasteiger partial charge in [-0.15, -0.1) is 0 Å². The van der Waals surface area contributed by atoms with Gasteiger partial charge in [-0.25, -0.2) is 0 Å². The summed E-state index contributed by atoms with van der Waals surface area (Å²) in [6.45, 7) is 6.74. The summed E-state index contributed by atoms with van der Waals surface area (Å²) in [5.74, 6) is -0.0545. The minimum atomic E-state index is -0.0545. The largest absolute Gasteiger partial charge is 0.340 e. The molecule has 0 saturated carbocycles. The number of aryl methyl sites for hydroxylation is 2. The van der Waals surface area contributed by atoms with Gasteiger partial charge in [0.25, 0.3) is 0 Å². The van der Waals surface area contributed by atoms with Crippen molar-refractivity contribution in [2.75, 3.05) is 0 Å². The Morgan fingerprint density at radius 1 is 0.639 bits per heavy atom. The number of benzene rings is 4. The van der Waals surface area contributed by atoms with E-state index in [1.165, 1.54) is 49.7 Å². The molecule has 4 aliphatic heterocycles. The Hall–Kier alpha value is -4.31. The fourth-order valence-corrected chi connectivity index (χ4v) is 6.05. The van der Waals surface area contributed by atoms with E-state index in [4.69, 9.17) is 0 Å². The summed E-state index contributed by atoms with van der Waals surface area (Å²) in [6, 6.07) is 30.6. The Morgan fingerprint density at radius 2 is 1.11 bits per heavy atom. The van der Waals surface area contributed by atoms with Crippen LogP contribution in [0.3, 0.4) is 0 Å². The van der Waals surface area contributed by atoms with Crippen molar-refractivity contribution in [2.45, 2.75) is 32.6 Å². The maximum Gasteiger partial charge on any atom is 0.246 e. The lowest BCUT2D eigenvalue weighted by molar-refractivity contribution is -0.127. The standard InChI is InChI=1S/C32H27N3O/c1-2-32(36)33-20-22-12-14-30-26(18-22)24-8-3-5-10-28(24)34(30)16-7-17-35-29-11-6-4-9-25(29)27-19-23(21-33)13-15-31(27)35/h2-6,8-15,18-19H,1,7,16-17,20-21H2. The van der Waals surface area contributed by atoms with E-state index in [2.05, 4.69) is 101 Å². The van der Waals surface area contributed by atoms with Crippen LogP contribution in [-0.4, -0.2) is 19.9 Å². The van der Waals surface area contributed by atoms with Crippen LogP contribution in [0.25, 0.3) is 43.6 Å². The first-order valence-corrected chi connectivity index (χ1v) is 12.6. The van der Waals surface area contributed by atoms with Crippen LogP contribution in [0.1, 0.15) is 17.5 Å². The quantitative estimate of drug-likeness (QED) is 0.238. The van der Waals surface area contributed by atoms with E-state index in [-0.39, 0.29) is 5.91 Å². The summed E-state index contributed by atoms with van der Waals surface area (Å²) in [6.07, 6.45) is 2.46. The molecular weight excluding hydrogens is 442 g/mol. The molecule has 0 radical (unpaired) electrons. The number of amides is 1. The van der Waals surface area contributed by atoms with Crippen molar-refractivity contribution in [1.82, 2.24) is 14.0 Å². The van der Waals surface area contributed by atoms with E-state index in [0.29, 0.717) is 13.1 Å². The van der Waals surface area contributed by atoms with Gasteiger partial charge in [0.05, 0.1) is 0 Å². The van der Waals surface area contributed by atoms with Gasteiger partial charge in [0, 0.05) is 69.8 Å². The van der Waals surface area contributed by atoms with E-state index in [1.54, 1.807) is 0 Å². The number of rotatable bonds is 1. The zero-order valence-corrected chi connectivity index (χ0v) is 20.2. The number of fused-ring (bicyclic) bond motifs is 2. The van der Waals surface area contributed by atoms with E-state index >= 15 is 0 Å². The highest BCUT2D eigenvalue weighted by Gasteiger charge is 2.17. The van der Waals surface area contributed by atoms with Crippen molar-refractivity contribution in [1.29, 1.82) is 0 Å².